The van der Waals surface area contributed by atoms with Gasteiger partial charge in [0.25, 0.3) is 11.8 Å². The molecule has 1 saturated heterocycles. The third-order valence-electron chi connectivity index (χ3n) is 1.41. The standard InChI is InChI=1S/C4H5NO3.C3H8O3S/c6-3-1-2-4(7)5(3)8;1-2-3-6-7(4)5/h8H,1-2H2;2-3H2,1H3,(H,4,5)/p-1. The van der Waals surface area contributed by atoms with E-state index in [9.17, 15) is 18.4 Å². The van der Waals surface area contributed by atoms with Crippen LogP contribution in [-0.4, -0.2) is 37.5 Å². The molecule has 1 N–H and O–H groups in total. The predicted molar refractivity (Wildman–Crippen MR) is 48.0 cm³/mol. The number of hydrogen-bond acceptors (Lipinski definition) is 6. The van der Waals surface area contributed by atoms with Crippen molar-refractivity contribution >= 4 is 23.2 Å². The smallest absolute Gasteiger partial charge is 0.253 e. The third-order valence-corrected chi connectivity index (χ3v) is 1.77. The molecule has 15 heavy (non-hydrogen) atoms. The van der Waals surface area contributed by atoms with Crippen molar-refractivity contribution in [2.24, 2.45) is 0 Å². The fraction of sp³-hybridized carbons (Fsp3) is 0.714. The Morgan fingerprint density at radius 1 is 1.47 bits per heavy atom. The van der Waals surface area contributed by atoms with Crippen molar-refractivity contribution in [2.75, 3.05) is 6.61 Å². The fourth-order valence-corrected chi connectivity index (χ4v) is 1.02. The molecule has 1 aliphatic rings. The minimum atomic E-state index is -2.32. The van der Waals surface area contributed by atoms with Crippen LogP contribution in [0.3, 0.4) is 0 Å². The van der Waals surface area contributed by atoms with Gasteiger partial charge in [-0.05, 0) is 6.42 Å². The SMILES string of the molecule is CCCOS(=O)[O-].O=C1CCC(=O)N1O. The van der Waals surface area contributed by atoms with Crippen LogP contribution in [0.2, 0.25) is 0 Å². The van der Waals surface area contributed by atoms with Crippen molar-refractivity contribution in [2.45, 2.75) is 26.2 Å². The van der Waals surface area contributed by atoms with Crippen LogP contribution >= 0.6 is 0 Å². The first-order chi connectivity index (χ1) is 6.99. The van der Waals surface area contributed by atoms with Gasteiger partial charge >= 0.3 is 0 Å². The Bertz CT molecular complexity index is 240. The van der Waals surface area contributed by atoms with Gasteiger partial charge in [-0.1, -0.05) is 6.92 Å². The molecule has 1 unspecified atom stereocenters. The van der Waals surface area contributed by atoms with E-state index in [-0.39, 0.29) is 24.5 Å². The molecular formula is C7H12NO6S-. The monoisotopic (exact) mass is 238 g/mol. The summed E-state index contributed by atoms with van der Waals surface area (Å²) < 4.78 is 23.2. The minimum Gasteiger partial charge on any atom is -0.750 e. The molecule has 1 rings (SSSR count). The van der Waals surface area contributed by atoms with Gasteiger partial charge in [-0.3, -0.25) is 14.8 Å². The third kappa shape index (κ3) is 6.28. The van der Waals surface area contributed by atoms with E-state index in [1.54, 1.807) is 0 Å². The Hall–Kier alpha value is -0.830. The normalized spacial score (nSPS) is 17.4. The topological polar surface area (TPSA) is 107 Å². The molecule has 0 aromatic rings. The van der Waals surface area contributed by atoms with E-state index in [2.05, 4.69) is 4.18 Å². The van der Waals surface area contributed by atoms with Crippen LogP contribution in [0.1, 0.15) is 26.2 Å². The lowest BCUT2D eigenvalue weighted by molar-refractivity contribution is -0.171. The van der Waals surface area contributed by atoms with Crippen molar-refractivity contribution < 1.29 is 27.7 Å². The summed E-state index contributed by atoms with van der Waals surface area (Å²) in [6.07, 6.45) is 1.03. The molecule has 0 radical (unpaired) electrons. The molecule has 1 aliphatic heterocycles. The number of nitrogens with zero attached hydrogens (tertiary/aromatic N) is 1. The van der Waals surface area contributed by atoms with Gasteiger partial charge in [0.15, 0.2) is 0 Å². The number of hydrogen-bond donors (Lipinski definition) is 1. The average molecular weight is 238 g/mol. The summed E-state index contributed by atoms with van der Waals surface area (Å²) in [4.78, 5) is 20.5. The van der Waals surface area contributed by atoms with Gasteiger partial charge in [0, 0.05) is 12.8 Å². The number of hydroxylamine groups is 2. The van der Waals surface area contributed by atoms with Gasteiger partial charge in [-0.25, -0.2) is 4.21 Å². The van der Waals surface area contributed by atoms with Gasteiger partial charge in [-0.15, -0.1) is 0 Å². The Balaban J connectivity index is 0.000000265. The van der Waals surface area contributed by atoms with Crippen LogP contribution in [0.15, 0.2) is 0 Å². The van der Waals surface area contributed by atoms with Gasteiger partial charge in [0.2, 0.25) is 0 Å². The molecule has 88 valence electrons. The second-order valence-corrected chi connectivity index (χ2v) is 3.27. The van der Waals surface area contributed by atoms with Crippen molar-refractivity contribution in [1.82, 2.24) is 5.06 Å². The number of rotatable bonds is 3. The van der Waals surface area contributed by atoms with E-state index in [1.807, 2.05) is 6.92 Å². The van der Waals surface area contributed by atoms with Gasteiger partial charge in [-0.2, -0.15) is 5.06 Å². The van der Waals surface area contributed by atoms with E-state index >= 15 is 0 Å². The quantitative estimate of drug-likeness (QED) is 0.412. The zero-order chi connectivity index (χ0) is 11.8. The average Bonchev–Trinajstić information content (AvgIpc) is 2.47. The maximum atomic E-state index is 10.2. The molecule has 1 fully saturated rings. The lowest BCUT2D eigenvalue weighted by atomic mass is 10.4. The minimum absolute atomic E-state index is 0.148. The molecule has 7 nitrogen and oxygen atoms in total. The molecule has 0 spiro atoms. The van der Waals surface area contributed by atoms with E-state index in [0.717, 1.165) is 6.42 Å². The summed E-state index contributed by atoms with van der Waals surface area (Å²) in [6, 6.07) is 0. The zero-order valence-corrected chi connectivity index (χ0v) is 8.99. The molecule has 1 atom stereocenters. The molecule has 0 aromatic carbocycles. The largest absolute Gasteiger partial charge is 0.750 e. The van der Waals surface area contributed by atoms with E-state index < -0.39 is 23.2 Å². The number of amides is 2. The Morgan fingerprint density at radius 3 is 2.07 bits per heavy atom. The Labute approximate surface area is 89.5 Å². The van der Waals surface area contributed by atoms with Crippen molar-refractivity contribution in [1.29, 1.82) is 0 Å². The summed E-state index contributed by atoms with van der Waals surface area (Å²) in [7, 11) is 0. The molecular weight excluding hydrogens is 226 g/mol. The van der Waals surface area contributed by atoms with Crippen molar-refractivity contribution in [3.05, 3.63) is 0 Å². The summed E-state index contributed by atoms with van der Waals surface area (Å²) in [6.45, 7) is 2.13. The lowest BCUT2D eigenvalue weighted by Crippen LogP contribution is -2.24. The second-order valence-electron chi connectivity index (χ2n) is 2.63. The van der Waals surface area contributed by atoms with Crippen LogP contribution in [0.25, 0.3) is 0 Å². The lowest BCUT2D eigenvalue weighted by Gasteiger charge is -2.01. The van der Waals surface area contributed by atoms with Crippen LogP contribution in [0.5, 0.6) is 0 Å². The first kappa shape index (κ1) is 14.2. The van der Waals surface area contributed by atoms with Crippen molar-refractivity contribution in [3.8, 4) is 0 Å². The van der Waals surface area contributed by atoms with Crippen molar-refractivity contribution in [3.63, 3.8) is 0 Å². The summed E-state index contributed by atoms with van der Waals surface area (Å²) in [5.74, 6) is -1.01. The molecule has 0 aliphatic carbocycles. The fourth-order valence-electron chi connectivity index (χ4n) is 0.716. The van der Waals surface area contributed by atoms with Crippen LogP contribution in [0, 0.1) is 0 Å². The Kier molecular flexibility index (Phi) is 7.05. The van der Waals surface area contributed by atoms with E-state index in [1.165, 1.54) is 0 Å². The molecule has 0 bridgehead atoms. The highest BCUT2D eigenvalue weighted by Gasteiger charge is 2.26. The van der Waals surface area contributed by atoms with Crippen LogP contribution < -0.4 is 0 Å². The predicted octanol–water partition coefficient (Wildman–Crippen LogP) is -0.268. The molecule has 2 amide bonds. The number of carbonyl (C=O) groups excluding carboxylic acids is 2. The van der Waals surface area contributed by atoms with E-state index in [4.69, 9.17) is 5.21 Å². The summed E-state index contributed by atoms with van der Waals surface area (Å²) >= 11 is -2.32. The Morgan fingerprint density at radius 2 is 1.93 bits per heavy atom. The molecule has 0 aromatic heterocycles. The number of carbonyl (C=O) groups is 2. The second kappa shape index (κ2) is 7.46. The molecule has 1 heterocycles. The van der Waals surface area contributed by atoms with Crippen LogP contribution in [-0.2, 0) is 25.1 Å². The first-order valence-electron chi connectivity index (χ1n) is 4.26. The van der Waals surface area contributed by atoms with Gasteiger partial charge in [0.05, 0.1) is 18.0 Å². The first-order valence-corrected chi connectivity index (χ1v) is 5.26. The van der Waals surface area contributed by atoms with Gasteiger partial charge in [0.1, 0.15) is 0 Å². The maximum absolute atomic E-state index is 10.2. The number of imide groups is 1. The van der Waals surface area contributed by atoms with E-state index in [0.29, 0.717) is 0 Å². The summed E-state index contributed by atoms with van der Waals surface area (Å²) in [5.41, 5.74) is 0. The molecule has 8 heteroatoms. The summed E-state index contributed by atoms with van der Waals surface area (Å²) in [5, 5.41) is 8.57. The maximum Gasteiger partial charge on any atom is 0.253 e. The highest BCUT2D eigenvalue weighted by atomic mass is 32.2. The van der Waals surface area contributed by atoms with Gasteiger partial charge < -0.3 is 8.74 Å². The highest BCUT2D eigenvalue weighted by Crippen LogP contribution is 2.06. The zero-order valence-electron chi connectivity index (χ0n) is 8.17. The highest BCUT2D eigenvalue weighted by molar-refractivity contribution is 7.74. The van der Waals surface area contributed by atoms with Crippen LogP contribution in [0.4, 0.5) is 0 Å². The molecule has 0 saturated carbocycles.